The van der Waals surface area contributed by atoms with Crippen molar-refractivity contribution in [3.63, 3.8) is 0 Å². The fourth-order valence-corrected chi connectivity index (χ4v) is 2.03. The van der Waals surface area contributed by atoms with E-state index in [-0.39, 0.29) is 5.91 Å². The van der Waals surface area contributed by atoms with Crippen LogP contribution < -0.4 is 15.8 Å². The van der Waals surface area contributed by atoms with Crippen LogP contribution in [-0.4, -0.2) is 20.1 Å². The van der Waals surface area contributed by atoms with Gasteiger partial charge in [-0.15, -0.1) is 0 Å². The molecule has 2 rings (SSSR count). The van der Waals surface area contributed by atoms with Gasteiger partial charge >= 0.3 is 0 Å². The number of nitrogen functional groups attached to an aromatic ring is 1. The molecule has 21 heavy (non-hydrogen) atoms. The standard InChI is InChI=1S/C16H18N2O3/c1-20-14-10-12(17)8-9-13(14)18-16(19)15(21-2)11-6-4-3-5-7-11/h3-10,15H,17H2,1-2H3,(H,18,19). The van der Waals surface area contributed by atoms with Crippen molar-refractivity contribution in [3.8, 4) is 5.75 Å². The number of methoxy groups -OCH3 is 2. The second-order valence-corrected chi connectivity index (χ2v) is 4.48. The van der Waals surface area contributed by atoms with Gasteiger partial charge < -0.3 is 20.5 Å². The summed E-state index contributed by atoms with van der Waals surface area (Å²) in [4.78, 5) is 12.4. The van der Waals surface area contributed by atoms with Gasteiger partial charge in [0, 0.05) is 18.9 Å². The van der Waals surface area contributed by atoms with Crippen molar-refractivity contribution < 1.29 is 14.3 Å². The minimum Gasteiger partial charge on any atom is -0.494 e. The minimum atomic E-state index is -0.687. The summed E-state index contributed by atoms with van der Waals surface area (Å²) in [6.07, 6.45) is -0.687. The van der Waals surface area contributed by atoms with Crippen LogP contribution in [-0.2, 0) is 9.53 Å². The van der Waals surface area contributed by atoms with Crippen LogP contribution in [0.2, 0.25) is 0 Å². The summed E-state index contributed by atoms with van der Waals surface area (Å²) in [5, 5.41) is 2.79. The molecule has 0 saturated carbocycles. The molecule has 5 heteroatoms. The Morgan fingerprint density at radius 1 is 1.14 bits per heavy atom. The van der Waals surface area contributed by atoms with Crippen LogP contribution in [0.3, 0.4) is 0 Å². The number of nitrogens with one attached hydrogen (secondary N) is 1. The molecule has 1 unspecified atom stereocenters. The fraction of sp³-hybridized carbons (Fsp3) is 0.188. The molecule has 0 radical (unpaired) electrons. The monoisotopic (exact) mass is 286 g/mol. The molecule has 1 atom stereocenters. The highest BCUT2D eigenvalue weighted by Crippen LogP contribution is 2.28. The lowest BCUT2D eigenvalue weighted by Crippen LogP contribution is -2.22. The Morgan fingerprint density at radius 3 is 2.48 bits per heavy atom. The number of carbonyl (C=O) groups is 1. The summed E-state index contributed by atoms with van der Waals surface area (Å²) in [6, 6.07) is 14.3. The van der Waals surface area contributed by atoms with E-state index in [4.69, 9.17) is 15.2 Å². The molecule has 1 amide bonds. The fourth-order valence-electron chi connectivity index (χ4n) is 2.03. The zero-order valence-electron chi connectivity index (χ0n) is 12.0. The predicted octanol–water partition coefficient (Wildman–Crippen LogP) is 2.60. The Bertz CT molecular complexity index is 614. The number of amides is 1. The van der Waals surface area contributed by atoms with E-state index < -0.39 is 6.10 Å². The molecular weight excluding hydrogens is 268 g/mol. The van der Waals surface area contributed by atoms with Gasteiger partial charge in [0.15, 0.2) is 6.10 Å². The normalized spacial score (nSPS) is 11.7. The Balaban J connectivity index is 2.20. The van der Waals surface area contributed by atoms with E-state index in [2.05, 4.69) is 5.32 Å². The van der Waals surface area contributed by atoms with E-state index in [1.165, 1.54) is 14.2 Å². The summed E-state index contributed by atoms with van der Waals surface area (Å²) in [7, 11) is 3.02. The summed E-state index contributed by atoms with van der Waals surface area (Å²) < 4.78 is 10.5. The molecule has 0 heterocycles. The molecule has 0 aliphatic carbocycles. The van der Waals surface area contributed by atoms with E-state index in [1.54, 1.807) is 18.2 Å². The Morgan fingerprint density at radius 2 is 1.86 bits per heavy atom. The molecule has 0 spiro atoms. The zero-order chi connectivity index (χ0) is 15.2. The van der Waals surface area contributed by atoms with Crippen molar-refractivity contribution in [3.05, 3.63) is 54.1 Å². The summed E-state index contributed by atoms with van der Waals surface area (Å²) in [5.41, 5.74) is 7.59. The number of hydrogen-bond donors (Lipinski definition) is 2. The molecule has 0 aromatic heterocycles. The van der Waals surface area contributed by atoms with Gasteiger partial charge in [-0.3, -0.25) is 4.79 Å². The molecule has 5 nitrogen and oxygen atoms in total. The maximum Gasteiger partial charge on any atom is 0.258 e. The lowest BCUT2D eigenvalue weighted by Gasteiger charge is -2.17. The number of nitrogens with two attached hydrogens (primary N) is 1. The SMILES string of the molecule is COc1cc(N)ccc1NC(=O)C(OC)c1ccccc1. The second-order valence-electron chi connectivity index (χ2n) is 4.48. The third-order valence-electron chi connectivity index (χ3n) is 3.06. The molecule has 2 aromatic carbocycles. The van der Waals surface area contributed by atoms with E-state index in [9.17, 15) is 4.79 Å². The van der Waals surface area contributed by atoms with E-state index in [1.807, 2.05) is 30.3 Å². The number of benzene rings is 2. The number of rotatable bonds is 5. The van der Waals surface area contributed by atoms with Crippen molar-refractivity contribution in [2.24, 2.45) is 0 Å². The van der Waals surface area contributed by atoms with Crippen molar-refractivity contribution >= 4 is 17.3 Å². The Kier molecular flexibility index (Phi) is 4.79. The summed E-state index contributed by atoms with van der Waals surface area (Å²) in [5.74, 6) is 0.234. The molecule has 0 aliphatic rings. The maximum absolute atomic E-state index is 12.4. The number of hydrogen-bond acceptors (Lipinski definition) is 4. The van der Waals surface area contributed by atoms with Crippen LogP contribution in [0.5, 0.6) is 5.75 Å². The van der Waals surface area contributed by atoms with Crippen LogP contribution >= 0.6 is 0 Å². The quantitative estimate of drug-likeness (QED) is 0.829. The van der Waals surface area contributed by atoms with Crippen molar-refractivity contribution in [2.75, 3.05) is 25.3 Å². The number of anilines is 2. The first kappa shape index (κ1) is 14.9. The maximum atomic E-state index is 12.4. The van der Waals surface area contributed by atoms with Gasteiger partial charge in [-0.2, -0.15) is 0 Å². The van der Waals surface area contributed by atoms with Gasteiger partial charge in [-0.05, 0) is 17.7 Å². The van der Waals surface area contributed by atoms with Crippen LogP contribution in [0.15, 0.2) is 48.5 Å². The number of carbonyl (C=O) groups excluding carboxylic acids is 1. The second kappa shape index (κ2) is 6.76. The Hall–Kier alpha value is -2.53. The third kappa shape index (κ3) is 3.52. The van der Waals surface area contributed by atoms with E-state index in [0.717, 1.165) is 5.56 Å². The average molecular weight is 286 g/mol. The summed E-state index contributed by atoms with van der Waals surface area (Å²) in [6.45, 7) is 0. The van der Waals surface area contributed by atoms with Gasteiger partial charge in [-0.1, -0.05) is 30.3 Å². The first-order valence-corrected chi connectivity index (χ1v) is 6.48. The molecule has 0 saturated heterocycles. The Labute approximate surface area is 123 Å². The van der Waals surface area contributed by atoms with E-state index >= 15 is 0 Å². The first-order chi connectivity index (χ1) is 10.2. The average Bonchev–Trinajstić information content (AvgIpc) is 2.51. The van der Waals surface area contributed by atoms with Gasteiger partial charge in [0.05, 0.1) is 12.8 Å². The van der Waals surface area contributed by atoms with Crippen LogP contribution in [0.1, 0.15) is 11.7 Å². The highest BCUT2D eigenvalue weighted by atomic mass is 16.5. The van der Waals surface area contributed by atoms with Gasteiger partial charge in [0.25, 0.3) is 5.91 Å². The molecule has 0 fully saturated rings. The van der Waals surface area contributed by atoms with Crippen LogP contribution in [0.4, 0.5) is 11.4 Å². The van der Waals surface area contributed by atoms with Gasteiger partial charge in [0.2, 0.25) is 0 Å². The van der Waals surface area contributed by atoms with Crippen LogP contribution in [0, 0.1) is 0 Å². The topological polar surface area (TPSA) is 73.6 Å². The van der Waals surface area contributed by atoms with Crippen molar-refractivity contribution in [1.82, 2.24) is 0 Å². The smallest absolute Gasteiger partial charge is 0.258 e. The largest absolute Gasteiger partial charge is 0.494 e. The molecule has 2 aromatic rings. The summed E-state index contributed by atoms with van der Waals surface area (Å²) >= 11 is 0. The first-order valence-electron chi connectivity index (χ1n) is 6.48. The lowest BCUT2D eigenvalue weighted by molar-refractivity contribution is -0.126. The third-order valence-corrected chi connectivity index (χ3v) is 3.06. The number of ether oxygens (including phenoxy) is 2. The highest BCUT2D eigenvalue weighted by Gasteiger charge is 2.21. The van der Waals surface area contributed by atoms with Gasteiger partial charge in [-0.25, -0.2) is 0 Å². The van der Waals surface area contributed by atoms with Crippen LogP contribution in [0.25, 0.3) is 0 Å². The molecular formula is C16H18N2O3. The zero-order valence-corrected chi connectivity index (χ0v) is 12.0. The highest BCUT2D eigenvalue weighted by molar-refractivity contribution is 5.96. The van der Waals surface area contributed by atoms with Crippen molar-refractivity contribution in [2.45, 2.75) is 6.10 Å². The lowest BCUT2D eigenvalue weighted by atomic mass is 10.1. The minimum absolute atomic E-state index is 0.272. The predicted molar refractivity (Wildman–Crippen MR) is 82.2 cm³/mol. The molecule has 0 aliphatic heterocycles. The molecule has 3 N–H and O–H groups in total. The molecule has 0 bridgehead atoms. The molecule has 110 valence electrons. The van der Waals surface area contributed by atoms with Crippen molar-refractivity contribution in [1.29, 1.82) is 0 Å². The van der Waals surface area contributed by atoms with Gasteiger partial charge in [0.1, 0.15) is 5.75 Å². The van der Waals surface area contributed by atoms with E-state index in [0.29, 0.717) is 17.1 Å².